The Morgan fingerprint density at radius 1 is 0.857 bits per heavy atom. The van der Waals surface area contributed by atoms with E-state index in [1.54, 1.807) is 14.2 Å². The Balaban J connectivity index is 2.43. The minimum absolute atomic E-state index is 0.0934. The van der Waals surface area contributed by atoms with Crippen LogP contribution in [-0.4, -0.2) is 14.2 Å². The Morgan fingerprint density at radius 2 is 1.48 bits per heavy atom. The van der Waals surface area contributed by atoms with Gasteiger partial charge in [-0.3, -0.25) is 5.84 Å². The zero-order chi connectivity index (χ0) is 15.4. The number of ether oxygens (including phenoxy) is 2. The lowest BCUT2D eigenvalue weighted by molar-refractivity contribution is 0.354. The van der Waals surface area contributed by atoms with Gasteiger partial charge in [0.15, 0.2) is 11.5 Å². The molecule has 0 saturated carbocycles. The highest BCUT2D eigenvalue weighted by atomic mass is 16.5. The van der Waals surface area contributed by atoms with Gasteiger partial charge in [-0.1, -0.05) is 24.3 Å². The molecular weight excluding hydrogens is 264 g/mol. The summed E-state index contributed by atoms with van der Waals surface area (Å²) in [5, 5.41) is 0. The third-order valence-electron chi connectivity index (χ3n) is 3.77. The normalized spacial score (nSPS) is 12.0. The summed E-state index contributed by atoms with van der Waals surface area (Å²) in [6.07, 6.45) is 0. The first-order valence-electron chi connectivity index (χ1n) is 6.86. The lowest BCUT2D eigenvalue weighted by Gasteiger charge is -2.19. The van der Waals surface area contributed by atoms with Gasteiger partial charge in [0.05, 0.1) is 20.3 Å². The molecule has 21 heavy (non-hydrogen) atoms. The van der Waals surface area contributed by atoms with Crippen LogP contribution in [0.4, 0.5) is 0 Å². The van der Waals surface area contributed by atoms with Crippen molar-refractivity contribution in [3.63, 3.8) is 0 Å². The molecule has 0 radical (unpaired) electrons. The Morgan fingerprint density at radius 3 is 2.05 bits per heavy atom. The Bertz CT molecular complexity index is 626. The molecule has 1 atom stereocenters. The molecule has 1 unspecified atom stereocenters. The van der Waals surface area contributed by atoms with Crippen molar-refractivity contribution in [3.8, 4) is 11.5 Å². The SMILES string of the molecule is COc1ccc(C(NN)c2ccc(C)c(C)c2)cc1OC. The third kappa shape index (κ3) is 3.17. The fourth-order valence-corrected chi connectivity index (χ4v) is 2.36. The van der Waals surface area contributed by atoms with Crippen LogP contribution >= 0.6 is 0 Å². The number of rotatable bonds is 5. The number of hydrogen-bond acceptors (Lipinski definition) is 4. The molecule has 2 rings (SSSR count). The maximum absolute atomic E-state index is 5.76. The molecule has 0 aromatic heterocycles. The van der Waals surface area contributed by atoms with Crippen LogP contribution in [0.3, 0.4) is 0 Å². The summed E-state index contributed by atoms with van der Waals surface area (Å²) < 4.78 is 10.6. The second-order valence-corrected chi connectivity index (χ2v) is 5.06. The summed E-state index contributed by atoms with van der Waals surface area (Å²) in [5.74, 6) is 7.16. The number of hydrogen-bond donors (Lipinski definition) is 2. The van der Waals surface area contributed by atoms with Crippen molar-refractivity contribution in [2.45, 2.75) is 19.9 Å². The van der Waals surface area contributed by atoms with Crippen LogP contribution in [0.1, 0.15) is 28.3 Å². The molecule has 0 bridgehead atoms. The predicted molar refractivity (Wildman–Crippen MR) is 84.6 cm³/mol. The smallest absolute Gasteiger partial charge is 0.161 e. The van der Waals surface area contributed by atoms with E-state index in [1.165, 1.54) is 11.1 Å². The van der Waals surface area contributed by atoms with E-state index in [0.717, 1.165) is 11.1 Å². The van der Waals surface area contributed by atoms with Crippen molar-refractivity contribution in [3.05, 3.63) is 58.7 Å². The van der Waals surface area contributed by atoms with Crippen molar-refractivity contribution >= 4 is 0 Å². The van der Waals surface area contributed by atoms with E-state index in [0.29, 0.717) is 11.5 Å². The molecule has 3 N–H and O–H groups in total. The lowest BCUT2D eigenvalue weighted by Crippen LogP contribution is -2.29. The van der Waals surface area contributed by atoms with Gasteiger partial charge in [0, 0.05) is 0 Å². The summed E-state index contributed by atoms with van der Waals surface area (Å²) in [6.45, 7) is 4.20. The van der Waals surface area contributed by atoms with E-state index in [4.69, 9.17) is 15.3 Å². The number of aryl methyl sites for hydroxylation is 2. The Kier molecular flexibility index (Phi) is 4.83. The van der Waals surface area contributed by atoms with Crippen LogP contribution in [0.5, 0.6) is 11.5 Å². The molecule has 4 nitrogen and oxygen atoms in total. The summed E-state index contributed by atoms with van der Waals surface area (Å²) in [5.41, 5.74) is 7.53. The largest absolute Gasteiger partial charge is 0.493 e. The van der Waals surface area contributed by atoms with Gasteiger partial charge in [-0.15, -0.1) is 0 Å². The van der Waals surface area contributed by atoms with Crippen LogP contribution in [0.2, 0.25) is 0 Å². The zero-order valence-electron chi connectivity index (χ0n) is 12.9. The molecule has 0 aliphatic carbocycles. The quantitative estimate of drug-likeness (QED) is 0.655. The van der Waals surface area contributed by atoms with Crippen LogP contribution in [0.25, 0.3) is 0 Å². The fourth-order valence-electron chi connectivity index (χ4n) is 2.36. The fraction of sp³-hybridized carbons (Fsp3) is 0.294. The Hall–Kier alpha value is -2.04. The number of methoxy groups -OCH3 is 2. The minimum Gasteiger partial charge on any atom is -0.493 e. The average molecular weight is 286 g/mol. The van der Waals surface area contributed by atoms with E-state index in [1.807, 2.05) is 18.2 Å². The van der Waals surface area contributed by atoms with Crippen molar-refractivity contribution < 1.29 is 9.47 Å². The molecule has 0 aliphatic heterocycles. The number of nitrogens with one attached hydrogen (secondary N) is 1. The summed E-state index contributed by atoms with van der Waals surface area (Å²) in [6, 6.07) is 12.1. The van der Waals surface area contributed by atoms with Crippen LogP contribution in [-0.2, 0) is 0 Å². The standard InChI is InChI=1S/C17H22N2O2/c1-11-5-6-13(9-12(11)2)17(19-18)14-7-8-15(20-3)16(10-14)21-4/h5-10,17,19H,18H2,1-4H3. The third-order valence-corrected chi connectivity index (χ3v) is 3.77. The molecule has 2 aromatic rings. The van der Waals surface area contributed by atoms with Crippen molar-refractivity contribution in [1.29, 1.82) is 0 Å². The van der Waals surface area contributed by atoms with Gasteiger partial charge < -0.3 is 9.47 Å². The molecule has 0 aliphatic rings. The molecule has 0 spiro atoms. The van der Waals surface area contributed by atoms with E-state index in [2.05, 4.69) is 37.5 Å². The monoisotopic (exact) mass is 286 g/mol. The van der Waals surface area contributed by atoms with Crippen LogP contribution < -0.4 is 20.7 Å². The topological polar surface area (TPSA) is 56.5 Å². The van der Waals surface area contributed by atoms with Crippen molar-refractivity contribution in [2.75, 3.05) is 14.2 Å². The molecule has 0 amide bonds. The molecular formula is C17H22N2O2. The van der Waals surface area contributed by atoms with Gasteiger partial charge in [-0.2, -0.15) is 0 Å². The highest BCUT2D eigenvalue weighted by molar-refractivity contribution is 5.46. The first-order valence-corrected chi connectivity index (χ1v) is 6.86. The van der Waals surface area contributed by atoms with Gasteiger partial charge in [-0.05, 0) is 48.2 Å². The molecule has 112 valence electrons. The van der Waals surface area contributed by atoms with Crippen molar-refractivity contribution in [2.24, 2.45) is 5.84 Å². The first kappa shape index (κ1) is 15.4. The van der Waals surface area contributed by atoms with Gasteiger partial charge in [-0.25, -0.2) is 5.43 Å². The molecule has 0 fully saturated rings. The summed E-state index contributed by atoms with van der Waals surface area (Å²) in [4.78, 5) is 0. The molecule has 0 heterocycles. The summed E-state index contributed by atoms with van der Waals surface area (Å²) in [7, 11) is 3.25. The zero-order valence-corrected chi connectivity index (χ0v) is 12.9. The average Bonchev–Trinajstić information content (AvgIpc) is 2.51. The molecule has 2 aromatic carbocycles. The van der Waals surface area contributed by atoms with Crippen LogP contribution in [0, 0.1) is 13.8 Å². The van der Waals surface area contributed by atoms with E-state index >= 15 is 0 Å². The minimum atomic E-state index is -0.0934. The number of benzene rings is 2. The lowest BCUT2D eigenvalue weighted by atomic mass is 9.96. The Labute approximate surface area is 125 Å². The van der Waals surface area contributed by atoms with E-state index < -0.39 is 0 Å². The first-order chi connectivity index (χ1) is 10.1. The predicted octanol–water partition coefficient (Wildman–Crippen LogP) is 2.87. The maximum Gasteiger partial charge on any atom is 0.161 e. The van der Waals surface area contributed by atoms with E-state index in [9.17, 15) is 0 Å². The number of nitrogens with two attached hydrogens (primary N) is 1. The van der Waals surface area contributed by atoms with Gasteiger partial charge in [0.25, 0.3) is 0 Å². The highest BCUT2D eigenvalue weighted by Gasteiger charge is 2.15. The maximum atomic E-state index is 5.76. The molecule has 4 heteroatoms. The van der Waals surface area contributed by atoms with Gasteiger partial charge in [0.1, 0.15) is 0 Å². The van der Waals surface area contributed by atoms with Gasteiger partial charge in [0.2, 0.25) is 0 Å². The molecule has 0 saturated heterocycles. The van der Waals surface area contributed by atoms with Gasteiger partial charge >= 0.3 is 0 Å². The van der Waals surface area contributed by atoms with Crippen molar-refractivity contribution in [1.82, 2.24) is 5.43 Å². The second kappa shape index (κ2) is 6.61. The highest BCUT2D eigenvalue weighted by Crippen LogP contribution is 2.32. The summed E-state index contributed by atoms with van der Waals surface area (Å²) >= 11 is 0. The van der Waals surface area contributed by atoms with Crippen LogP contribution in [0.15, 0.2) is 36.4 Å². The number of hydrazine groups is 1. The van der Waals surface area contributed by atoms with E-state index in [-0.39, 0.29) is 6.04 Å². The second-order valence-electron chi connectivity index (χ2n) is 5.06.